The first kappa shape index (κ1) is 15.3. The molecule has 0 aromatic heterocycles. The maximum absolute atomic E-state index is 8.72. The first-order chi connectivity index (χ1) is 9.24. The second kappa shape index (κ2) is 8.39. The van der Waals surface area contributed by atoms with Gasteiger partial charge in [0.15, 0.2) is 11.5 Å². The molecule has 1 atom stereocenters. The van der Waals surface area contributed by atoms with E-state index in [0.717, 1.165) is 30.0 Å². The van der Waals surface area contributed by atoms with Crippen LogP contribution in [0.2, 0.25) is 0 Å². The third-order valence-electron chi connectivity index (χ3n) is 2.95. The van der Waals surface area contributed by atoms with Crippen LogP contribution in [0.4, 0.5) is 0 Å². The molecule has 0 amide bonds. The molecule has 4 nitrogen and oxygen atoms in total. The summed E-state index contributed by atoms with van der Waals surface area (Å²) in [5.74, 6) is 1.51. The van der Waals surface area contributed by atoms with Crippen molar-refractivity contribution in [1.82, 2.24) is 5.32 Å². The van der Waals surface area contributed by atoms with Gasteiger partial charge in [0, 0.05) is 12.6 Å². The van der Waals surface area contributed by atoms with Crippen LogP contribution >= 0.6 is 0 Å². The van der Waals surface area contributed by atoms with E-state index in [-0.39, 0.29) is 6.04 Å². The van der Waals surface area contributed by atoms with Crippen molar-refractivity contribution in [3.05, 3.63) is 23.8 Å². The number of benzene rings is 1. The van der Waals surface area contributed by atoms with Gasteiger partial charge in [-0.25, -0.2) is 0 Å². The molecule has 1 unspecified atom stereocenters. The Morgan fingerprint density at radius 2 is 2.11 bits per heavy atom. The number of methoxy groups -OCH3 is 1. The van der Waals surface area contributed by atoms with Crippen LogP contribution in [-0.2, 0) is 6.54 Å². The van der Waals surface area contributed by atoms with E-state index < -0.39 is 0 Å². The average Bonchev–Trinajstić information content (AvgIpc) is 2.44. The number of nitriles is 1. The van der Waals surface area contributed by atoms with Crippen molar-refractivity contribution in [2.24, 2.45) is 0 Å². The lowest BCUT2D eigenvalue weighted by molar-refractivity contribution is 0.310. The molecular formula is C15H22N2O2. The molecule has 0 saturated carbocycles. The smallest absolute Gasteiger partial charge is 0.161 e. The van der Waals surface area contributed by atoms with Gasteiger partial charge in [-0.2, -0.15) is 5.26 Å². The van der Waals surface area contributed by atoms with E-state index in [1.807, 2.05) is 25.1 Å². The van der Waals surface area contributed by atoms with Crippen molar-refractivity contribution in [3.63, 3.8) is 0 Å². The highest BCUT2D eigenvalue weighted by Gasteiger charge is 2.08. The fourth-order valence-electron chi connectivity index (χ4n) is 1.83. The number of ether oxygens (including phenoxy) is 2. The summed E-state index contributed by atoms with van der Waals surface area (Å²) < 4.78 is 10.8. The molecule has 19 heavy (non-hydrogen) atoms. The van der Waals surface area contributed by atoms with Crippen LogP contribution in [0.5, 0.6) is 11.5 Å². The molecular weight excluding hydrogens is 240 g/mol. The predicted molar refractivity (Wildman–Crippen MR) is 75.3 cm³/mol. The van der Waals surface area contributed by atoms with Gasteiger partial charge < -0.3 is 14.8 Å². The number of hydrogen-bond donors (Lipinski definition) is 1. The van der Waals surface area contributed by atoms with Crippen LogP contribution < -0.4 is 14.8 Å². The standard InChI is InChI=1S/C15H22N2O2/c1-4-13(8-9-16)17-11-12-6-7-14(19-5-2)15(10-12)18-3/h6-7,10,13,17H,4-5,8,11H2,1-3H3. The zero-order valence-electron chi connectivity index (χ0n) is 11.9. The average molecular weight is 262 g/mol. The number of rotatable bonds is 8. The molecule has 0 aliphatic rings. The normalized spacial score (nSPS) is 11.7. The molecule has 1 N–H and O–H groups in total. The first-order valence-electron chi connectivity index (χ1n) is 6.65. The molecule has 0 bridgehead atoms. The molecule has 0 saturated heterocycles. The number of nitrogens with zero attached hydrogens (tertiary/aromatic N) is 1. The van der Waals surface area contributed by atoms with Gasteiger partial charge >= 0.3 is 0 Å². The zero-order valence-corrected chi connectivity index (χ0v) is 11.9. The largest absolute Gasteiger partial charge is 0.493 e. The molecule has 104 valence electrons. The summed E-state index contributed by atoms with van der Waals surface area (Å²) in [4.78, 5) is 0. The quantitative estimate of drug-likeness (QED) is 0.782. The highest BCUT2D eigenvalue weighted by molar-refractivity contribution is 5.42. The Kier molecular flexibility index (Phi) is 6.76. The highest BCUT2D eigenvalue weighted by Crippen LogP contribution is 2.28. The molecule has 0 aliphatic carbocycles. The van der Waals surface area contributed by atoms with Crippen molar-refractivity contribution in [2.75, 3.05) is 13.7 Å². The lowest BCUT2D eigenvalue weighted by atomic mass is 10.1. The lowest BCUT2D eigenvalue weighted by Crippen LogP contribution is -2.27. The zero-order chi connectivity index (χ0) is 14.1. The molecule has 1 rings (SSSR count). The minimum atomic E-state index is 0.238. The van der Waals surface area contributed by atoms with Crippen molar-refractivity contribution in [1.29, 1.82) is 5.26 Å². The fourth-order valence-corrected chi connectivity index (χ4v) is 1.83. The molecule has 0 radical (unpaired) electrons. The lowest BCUT2D eigenvalue weighted by Gasteiger charge is -2.15. The summed E-state index contributed by atoms with van der Waals surface area (Å²) in [6.45, 7) is 5.37. The second-order valence-corrected chi connectivity index (χ2v) is 4.27. The maximum Gasteiger partial charge on any atom is 0.161 e. The predicted octanol–water partition coefficient (Wildman–Crippen LogP) is 2.88. The molecule has 0 spiro atoms. The van der Waals surface area contributed by atoms with E-state index in [1.54, 1.807) is 7.11 Å². The minimum absolute atomic E-state index is 0.238. The van der Waals surface area contributed by atoms with Gasteiger partial charge in [0.2, 0.25) is 0 Å². The number of hydrogen-bond acceptors (Lipinski definition) is 4. The van der Waals surface area contributed by atoms with E-state index in [4.69, 9.17) is 14.7 Å². The van der Waals surface area contributed by atoms with Crippen LogP contribution in [0, 0.1) is 11.3 Å². The Hall–Kier alpha value is -1.73. The van der Waals surface area contributed by atoms with Crippen LogP contribution in [0.15, 0.2) is 18.2 Å². The van der Waals surface area contributed by atoms with E-state index in [2.05, 4.69) is 18.3 Å². The maximum atomic E-state index is 8.72. The molecule has 0 fully saturated rings. The number of nitrogens with one attached hydrogen (secondary N) is 1. The van der Waals surface area contributed by atoms with Crippen molar-refractivity contribution in [2.45, 2.75) is 39.3 Å². The Bertz CT molecular complexity index is 427. The SMILES string of the molecule is CCOc1ccc(CNC(CC)CC#N)cc1OC. The summed E-state index contributed by atoms with van der Waals surface area (Å²) in [6.07, 6.45) is 1.48. The van der Waals surface area contributed by atoms with Crippen LogP contribution in [0.25, 0.3) is 0 Å². The summed E-state index contributed by atoms with van der Waals surface area (Å²) in [7, 11) is 1.64. The van der Waals surface area contributed by atoms with Gasteiger partial charge in [-0.15, -0.1) is 0 Å². The van der Waals surface area contributed by atoms with E-state index in [1.165, 1.54) is 0 Å². The Morgan fingerprint density at radius 3 is 2.68 bits per heavy atom. The molecule has 1 aromatic carbocycles. The topological polar surface area (TPSA) is 54.3 Å². The van der Waals surface area contributed by atoms with Gasteiger partial charge in [0.1, 0.15) is 0 Å². The first-order valence-corrected chi connectivity index (χ1v) is 6.65. The Morgan fingerprint density at radius 1 is 1.32 bits per heavy atom. The van der Waals surface area contributed by atoms with Gasteiger partial charge in [-0.1, -0.05) is 13.0 Å². The van der Waals surface area contributed by atoms with Gasteiger partial charge in [-0.05, 0) is 31.0 Å². The molecule has 0 aliphatic heterocycles. The Labute approximate surface area is 115 Å². The molecule has 0 heterocycles. The van der Waals surface area contributed by atoms with E-state index in [0.29, 0.717) is 13.0 Å². The van der Waals surface area contributed by atoms with E-state index in [9.17, 15) is 0 Å². The van der Waals surface area contributed by atoms with Gasteiger partial charge in [-0.3, -0.25) is 0 Å². The van der Waals surface area contributed by atoms with E-state index >= 15 is 0 Å². The summed E-state index contributed by atoms with van der Waals surface area (Å²) >= 11 is 0. The second-order valence-electron chi connectivity index (χ2n) is 4.27. The Balaban J connectivity index is 2.66. The van der Waals surface area contributed by atoms with Crippen molar-refractivity contribution in [3.8, 4) is 17.6 Å². The van der Waals surface area contributed by atoms with Gasteiger partial charge in [0.25, 0.3) is 0 Å². The molecule has 4 heteroatoms. The van der Waals surface area contributed by atoms with Crippen LogP contribution in [0.3, 0.4) is 0 Å². The van der Waals surface area contributed by atoms with Crippen LogP contribution in [-0.4, -0.2) is 19.8 Å². The summed E-state index contributed by atoms with van der Waals surface area (Å²) in [5, 5.41) is 12.1. The van der Waals surface area contributed by atoms with Gasteiger partial charge in [0.05, 0.1) is 26.2 Å². The monoisotopic (exact) mass is 262 g/mol. The summed E-state index contributed by atoms with van der Waals surface area (Å²) in [5.41, 5.74) is 1.12. The fraction of sp³-hybridized carbons (Fsp3) is 0.533. The minimum Gasteiger partial charge on any atom is -0.493 e. The van der Waals surface area contributed by atoms with Crippen molar-refractivity contribution >= 4 is 0 Å². The van der Waals surface area contributed by atoms with Crippen LogP contribution in [0.1, 0.15) is 32.3 Å². The van der Waals surface area contributed by atoms with Crippen molar-refractivity contribution < 1.29 is 9.47 Å². The third kappa shape index (κ3) is 4.80. The summed E-state index contributed by atoms with van der Waals surface area (Å²) in [6, 6.07) is 8.34. The third-order valence-corrected chi connectivity index (χ3v) is 2.95. The molecule has 1 aromatic rings. The highest BCUT2D eigenvalue weighted by atomic mass is 16.5.